The summed E-state index contributed by atoms with van der Waals surface area (Å²) in [6.07, 6.45) is -0.459. The van der Waals surface area contributed by atoms with Crippen LogP contribution in [-0.4, -0.2) is 44.4 Å². The minimum absolute atomic E-state index is 0.206. The number of amides is 2. The van der Waals surface area contributed by atoms with Gasteiger partial charge in [0.05, 0.1) is 25.9 Å². The van der Waals surface area contributed by atoms with Gasteiger partial charge in [-0.25, -0.2) is 9.59 Å². The molecule has 0 fully saturated rings. The number of methoxy groups -OCH3 is 1. The molecule has 0 aliphatic carbocycles. The first-order valence-electron chi connectivity index (χ1n) is 8.42. The van der Waals surface area contributed by atoms with Gasteiger partial charge in [-0.1, -0.05) is 13.8 Å². The van der Waals surface area contributed by atoms with E-state index in [9.17, 15) is 14.4 Å². The molecular weight excluding hydrogens is 342 g/mol. The predicted octanol–water partition coefficient (Wildman–Crippen LogP) is 2.69. The van der Waals surface area contributed by atoms with Crippen molar-refractivity contribution in [2.75, 3.05) is 20.3 Å². The van der Waals surface area contributed by atoms with E-state index in [1.165, 1.54) is 19.1 Å². The molecule has 0 aliphatic rings. The zero-order valence-electron chi connectivity index (χ0n) is 15.5. The van der Waals surface area contributed by atoms with Crippen molar-refractivity contribution < 1.29 is 33.3 Å². The lowest BCUT2D eigenvalue weighted by Crippen LogP contribution is -2.39. The summed E-state index contributed by atoms with van der Waals surface area (Å²) in [5, 5.41) is 1.94. The Morgan fingerprint density at radius 3 is 2.23 bits per heavy atom. The number of esters is 1. The molecule has 26 heavy (non-hydrogen) atoms. The minimum atomic E-state index is -1.17. The van der Waals surface area contributed by atoms with E-state index < -0.39 is 24.1 Å². The van der Waals surface area contributed by atoms with Crippen molar-refractivity contribution in [3.8, 4) is 11.5 Å². The average Bonchev–Trinajstić information content (AvgIpc) is 2.64. The zero-order chi connectivity index (χ0) is 19.5. The molecule has 0 heterocycles. The number of hydrogen-bond donors (Lipinski definition) is 1. The van der Waals surface area contributed by atoms with Crippen LogP contribution in [0, 0.1) is 0 Å². The Bertz CT molecular complexity index is 630. The molecule has 2 amide bonds. The monoisotopic (exact) mass is 367 g/mol. The molecule has 0 saturated carbocycles. The molecule has 144 valence electrons. The zero-order valence-corrected chi connectivity index (χ0v) is 15.5. The summed E-state index contributed by atoms with van der Waals surface area (Å²) >= 11 is 0. The quantitative estimate of drug-likeness (QED) is 0.670. The Labute approximate surface area is 152 Å². The Hall–Kier alpha value is -2.77. The lowest BCUT2D eigenvalue weighted by molar-refractivity contribution is -0.128. The molecule has 0 aliphatic heterocycles. The molecule has 1 aromatic carbocycles. The lowest BCUT2D eigenvalue weighted by atomic mass is 10.2. The molecule has 8 nitrogen and oxygen atoms in total. The third-order valence-corrected chi connectivity index (χ3v) is 3.17. The van der Waals surface area contributed by atoms with Gasteiger partial charge in [-0.05, 0) is 38.0 Å². The number of nitrogens with one attached hydrogen (secondary N) is 1. The summed E-state index contributed by atoms with van der Waals surface area (Å²) in [4.78, 5) is 35.0. The second kappa shape index (κ2) is 11.0. The van der Waals surface area contributed by atoms with E-state index in [4.69, 9.17) is 14.2 Å². The highest BCUT2D eigenvalue weighted by molar-refractivity contribution is 5.97. The van der Waals surface area contributed by atoms with Gasteiger partial charge in [-0.15, -0.1) is 0 Å². The number of carbonyl (C=O) groups excluding carboxylic acids is 3. The smallest absolute Gasteiger partial charge is 0.413 e. The van der Waals surface area contributed by atoms with Crippen molar-refractivity contribution in [3.05, 3.63) is 23.8 Å². The molecule has 0 radical (unpaired) electrons. The molecule has 1 atom stereocenters. The van der Waals surface area contributed by atoms with Crippen molar-refractivity contribution in [1.82, 2.24) is 5.32 Å². The van der Waals surface area contributed by atoms with Gasteiger partial charge in [0, 0.05) is 0 Å². The second-order valence-corrected chi connectivity index (χ2v) is 5.39. The van der Waals surface area contributed by atoms with E-state index in [1.54, 1.807) is 6.07 Å². The van der Waals surface area contributed by atoms with Gasteiger partial charge >= 0.3 is 12.1 Å². The van der Waals surface area contributed by atoms with E-state index in [2.05, 4.69) is 4.74 Å². The van der Waals surface area contributed by atoms with Crippen LogP contribution in [0.1, 0.15) is 44.0 Å². The van der Waals surface area contributed by atoms with E-state index in [1.807, 2.05) is 19.2 Å². The first-order valence-corrected chi connectivity index (χ1v) is 8.42. The van der Waals surface area contributed by atoms with Crippen LogP contribution in [0.3, 0.4) is 0 Å². The number of carbonyl (C=O) groups is 3. The molecule has 0 saturated heterocycles. The van der Waals surface area contributed by atoms with Crippen molar-refractivity contribution in [2.24, 2.45) is 0 Å². The van der Waals surface area contributed by atoms with Crippen LogP contribution in [0.25, 0.3) is 0 Å². The third-order valence-electron chi connectivity index (χ3n) is 3.17. The Morgan fingerprint density at radius 2 is 1.65 bits per heavy atom. The minimum Gasteiger partial charge on any atom is -0.490 e. The van der Waals surface area contributed by atoms with Crippen LogP contribution in [0.2, 0.25) is 0 Å². The topological polar surface area (TPSA) is 100 Å². The Balaban J connectivity index is 2.84. The number of imide groups is 1. The molecule has 0 bridgehead atoms. The summed E-state index contributed by atoms with van der Waals surface area (Å²) in [6, 6.07) is 4.65. The number of rotatable bonds is 9. The largest absolute Gasteiger partial charge is 0.490 e. The third kappa shape index (κ3) is 6.62. The number of benzene rings is 1. The van der Waals surface area contributed by atoms with Crippen LogP contribution in [-0.2, 0) is 14.3 Å². The standard InChI is InChI=1S/C18H25NO7/c1-5-9-24-14-8-7-13(11-15(14)25-10-6-2)17(21)26-12(3)16(20)19-18(22)23-4/h7-8,11-12H,5-6,9-10H2,1-4H3,(H,19,20,22)/t12-/m0/s1. The van der Waals surface area contributed by atoms with E-state index in [-0.39, 0.29) is 5.56 Å². The van der Waals surface area contributed by atoms with E-state index >= 15 is 0 Å². The maximum atomic E-state index is 12.3. The summed E-state index contributed by atoms with van der Waals surface area (Å²) < 4.78 is 20.6. The van der Waals surface area contributed by atoms with Crippen LogP contribution in [0.4, 0.5) is 4.79 Å². The molecule has 1 rings (SSSR count). The molecular formula is C18H25NO7. The highest BCUT2D eigenvalue weighted by Crippen LogP contribution is 2.29. The van der Waals surface area contributed by atoms with Crippen molar-refractivity contribution in [3.63, 3.8) is 0 Å². The van der Waals surface area contributed by atoms with Crippen molar-refractivity contribution in [1.29, 1.82) is 0 Å². The van der Waals surface area contributed by atoms with Gasteiger partial charge in [0.15, 0.2) is 17.6 Å². The summed E-state index contributed by atoms with van der Waals surface area (Å²) in [6.45, 7) is 6.30. The fourth-order valence-electron chi connectivity index (χ4n) is 1.83. The SMILES string of the molecule is CCCOc1ccc(C(=O)O[C@@H](C)C(=O)NC(=O)OC)cc1OCCC. The fraction of sp³-hybridized carbons (Fsp3) is 0.500. The van der Waals surface area contributed by atoms with Crippen LogP contribution in [0.5, 0.6) is 11.5 Å². The molecule has 8 heteroatoms. The van der Waals surface area contributed by atoms with Gasteiger partial charge < -0.3 is 18.9 Å². The average molecular weight is 367 g/mol. The molecule has 0 aromatic heterocycles. The lowest BCUT2D eigenvalue weighted by Gasteiger charge is -2.15. The molecule has 0 spiro atoms. The van der Waals surface area contributed by atoms with Gasteiger partial charge in [-0.3, -0.25) is 10.1 Å². The van der Waals surface area contributed by atoms with Crippen LogP contribution in [0.15, 0.2) is 18.2 Å². The molecule has 1 N–H and O–H groups in total. The van der Waals surface area contributed by atoms with Crippen molar-refractivity contribution in [2.45, 2.75) is 39.7 Å². The van der Waals surface area contributed by atoms with Crippen LogP contribution >= 0.6 is 0 Å². The fourth-order valence-corrected chi connectivity index (χ4v) is 1.83. The maximum absolute atomic E-state index is 12.3. The maximum Gasteiger partial charge on any atom is 0.413 e. The molecule has 0 unspecified atom stereocenters. The van der Waals surface area contributed by atoms with Gasteiger partial charge in [-0.2, -0.15) is 0 Å². The summed E-state index contributed by atoms with van der Waals surface area (Å²) in [5.74, 6) is -0.536. The van der Waals surface area contributed by atoms with Gasteiger partial charge in [0.2, 0.25) is 0 Å². The predicted molar refractivity (Wildman–Crippen MR) is 93.4 cm³/mol. The number of hydrogen-bond acceptors (Lipinski definition) is 7. The first kappa shape index (κ1) is 21.3. The second-order valence-electron chi connectivity index (χ2n) is 5.39. The van der Waals surface area contributed by atoms with E-state index in [0.717, 1.165) is 20.0 Å². The van der Waals surface area contributed by atoms with Gasteiger partial charge in [0.25, 0.3) is 5.91 Å². The Kier molecular flexibility index (Phi) is 8.97. The Morgan fingerprint density at radius 1 is 1.04 bits per heavy atom. The molecule has 1 aromatic rings. The summed E-state index contributed by atoms with van der Waals surface area (Å²) in [5.41, 5.74) is 0.206. The highest BCUT2D eigenvalue weighted by atomic mass is 16.6. The van der Waals surface area contributed by atoms with Gasteiger partial charge in [0.1, 0.15) is 0 Å². The normalized spacial score (nSPS) is 11.2. The van der Waals surface area contributed by atoms with Crippen molar-refractivity contribution >= 4 is 18.0 Å². The van der Waals surface area contributed by atoms with Crippen LogP contribution < -0.4 is 14.8 Å². The number of ether oxygens (including phenoxy) is 4. The number of alkyl carbamates (subject to hydrolysis) is 1. The summed E-state index contributed by atoms with van der Waals surface area (Å²) in [7, 11) is 1.12. The first-order chi connectivity index (χ1) is 12.4. The highest BCUT2D eigenvalue weighted by Gasteiger charge is 2.22. The van der Waals surface area contributed by atoms with E-state index in [0.29, 0.717) is 24.7 Å².